The van der Waals surface area contributed by atoms with E-state index >= 15 is 0 Å². The highest BCUT2D eigenvalue weighted by Crippen LogP contribution is 2.09. The van der Waals surface area contributed by atoms with Crippen molar-refractivity contribution >= 4 is 11.6 Å². The summed E-state index contributed by atoms with van der Waals surface area (Å²) in [6.45, 7) is 3.98. The molecule has 1 aromatic heterocycles. The van der Waals surface area contributed by atoms with E-state index in [1.807, 2.05) is 13.8 Å². The van der Waals surface area contributed by atoms with E-state index in [1.54, 1.807) is 24.5 Å². The number of nitrogens with two attached hydrogens (primary N) is 1. The Balaban J connectivity index is 2.56. The maximum atomic E-state index is 11.6. The maximum absolute atomic E-state index is 11.6. The molecule has 0 spiro atoms. The fourth-order valence-corrected chi connectivity index (χ4v) is 1.17. The van der Waals surface area contributed by atoms with Crippen molar-refractivity contribution in [3.05, 3.63) is 24.5 Å². The molecule has 1 heterocycles. The van der Waals surface area contributed by atoms with Gasteiger partial charge < -0.3 is 11.1 Å². The van der Waals surface area contributed by atoms with Gasteiger partial charge in [0.05, 0.1) is 17.9 Å². The molecule has 2 atom stereocenters. The summed E-state index contributed by atoms with van der Waals surface area (Å²) in [5.41, 5.74) is 6.47. The topological polar surface area (TPSA) is 68.0 Å². The predicted molar refractivity (Wildman–Crippen MR) is 60.3 cm³/mol. The average molecular weight is 207 g/mol. The molecule has 0 aliphatic carbocycles. The first-order chi connectivity index (χ1) is 7.15. The standard InChI is InChI=1S/C11H17N3O/c1-3-8(2)10(12)11(15)14-9-5-4-6-13-7-9/h4-8,10H,3,12H2,1-2H3,(H,14,15)/t8-,10-/m0/s1. The van der Waals surface area contributed by atoms with Crippen LogP contribution < -0.4 is 11.1 Å². The second kappa shape index (κ2) is 5.46. The fourth-order valence-electron chi connectivity index (χ4n) is 1.17. The van der Waals surface area contributed by atoms with Crippen LogP contribution >= 0.6 is 0 Å². The van der Waals surface area contributed by atoms with Crippen LogP contribution in [0.3, 0.4) is 0 Å². The molecule has 0 saturated carbocycles. The van der Waals surface area contributed by atoms with Crippen LogP contribution in [0.15, 0.2) is 24.5 Å². The molecular weight excluding hydrogens is 190 g/mol. The number of aromatic nitrogens is 1. The summed E-state index contributed by atoms with van der Waals surface area (Å²) < 4.78 is 0. The zero-order chi connectivity index (χ0) is 11.3. The van der Waals surface area contributed by atoms with E-state index in [0.717, 1.165) is 6.42 Å². The van der Waals surface area contributed by atoms with Crippen LogP contribution in [0.1, 0.15) is 20.3 Å². The molecule has 15 heavy (non-hydrogen) atoms. The quantitative estimate of drug-likeness (QED) is 0.784. The van der Waals surface area contributed by atoms with Gasteiger partial charge in [0, 0.05) is 6.20 Å². The van der Waals surface area contributed by atoms with Gasteiger partial charge in [-0.2, -0.15) is 0 Å². The highest BCUT2D eigenvalue weighted by molar-refractivity contribution is 5.94. The summed E-state index contributed by atoms with van der Waals surface area (Å²) in [4.78, 5) is 15.6. The molecule has 3 N–H and O–H groups in total. The fraction of sp³-hybridized carbons (Fsp3) is 0.455. The lowest BCUT2D eigenvalue weighted by molar-refractivity contribution is -0.118. The number of carbonyl (C=O) groups excluding carboxylic acids is 1. The van der Waals surface area contributed by atoms with Crippen LogP contribution in [0.5, 0.6) is 0 Å². The third-order valence-corrected chi connectivity index (χ3v) is 2.49. The molecule has 4 nitrogen and oxygen atoms in total. The number of carbonyl (C=O) groups is 1. The molecule has 0 unspecified atom stereocenters. The maximum Gasteiger partial charge on any atom is 0.241 e. The molecule has 0 fully saturated rings. The first-order valence-corrected chi connectivity index (χ1v) is 5.11. The predicted octanol–water partition coefficient (Wildman–Crippen LogP) is 1.39. The van der Waals surface area contributed by atoms with Crippen molar-refractivity contribution in [2.45, 2.75) is 26.3 Å². The summed E-state index contributed by atoms with van der Waals surface area (Å²) in [6.07, 6.45) is 4.15. The molecule has 0 aliphatic rings. The number of hydrogen-bond donors (Lipinski definition) is 2. The monoisotopic (exact) mass is 207 g/mol. The number of rotatable bonds is 4. The molecule has 0 bridgehead atoms. The second-order valence-corrected chi connectivity index (χ2v) is 3.64. The summed E-state index contributed by atoms with van der Waals surface area (Å²) in [5, 5.41) is 2.73. The summed E-state index contributed by atoms with van der Waals surface area (Å²) in [5.74, 6) is 0.0269. The molecule has 0 aromatic carbocycles. The van der Waals surface area contributed by atoms with Gasteiger partial charge in [0.1, 0.15) is 0 Å². The third-order valence-electron chi connectivity index (χ3n) is 2.49. The van der Waals surface area contributed by atoms with Crippen molar-refractivity contribution in [3.8, 4) is 0 Å². The molecule has 1 amide bonds. The van der Waals surface area contributed by atoms with Gasteiger partial charge in [-0.1, -0.05) is 20.3 Å². The van der Waals surface area contributed by atoms with Crippen molar-refractivity contribution in [2.75, 3.05) is 5.32 Å². The average Bonchev–Trinajstić information content (AvgIpc) is 2.28. The zero-order valence-electron chi connectivity index (χ0n) is 9.10. The summed E-state index contributed by atoms with van der Waals surface area (Å²) in [6, 6.07) is 3.09. The first kappa shape index (κ1) is 11.7. The van der Waals surface area contributed by atoms with Crippen LogP contribution in [0, 0.1) is 5.92 Å². The Morgan fingerprint density at radius 2 is 2.40 bits per heavy atom. The van der Waals surface area contributed by atoms with Gasteiger partial charge in [0.2, 0.25) is 5.91 Å². The normalized spacial score (nSPS) is 14.3. The van der Waals surface area contributed by atoms with Crippen molar-refractivity contribution in [3.63, 3.8) is 0 Å². The lowest BCUT2D eigenvalue weighted by Crippen LogP contribution is -2.40. The van der Waals surface area contributed by atoms with Crippen molar-refractivity contribution in [1.82, 2.24) is 4.98 Å². The largest absolute Gasteiger partial charge is 0.323 e. The molecular formula is C11H17N3O. The van der Waals surface area contributed by atoms with Crippen LogP contribution in [0.4, 0.5) is 5.69 Å². The smallest absolute Gasteiger partial charge is 0.241 e. The van der Waals surface area contributed by atoms with E-state index in [0.29, 0.717) is 5.69 Å². The molecule has 0 radical (unpaired) electrons. The van der Waals surface area contributed by atoms with Crippen LogP contribution in [-0.4, -0.2) is 16.9 Å². The zero-order valence-corrected chi connectivity index (χ0v) is 9.10. The molecule has 0 saturated heterocycles. The Morgan fingerprint density at radius 1 is 1.67 bits per heavy atom. The van der Waals surface area contributed by atoms with E-state index in [9.17, 15) is 4.79 Å². The van der Waals surface area contributed by atoms with Gasteiger partial charge >= 0.3 is 0 Å². The van der Waals surface area contributed by atoms with E-state index in [1.165, 1.54) is 0 Å². The minimum absolute atomic E-state index is 0.155. The van der Waals surface area contributed by atoms with Crippen molar-refractivity contribution < 1.29 is 4.79 Å². The van der Waals surface area contributed by atoms with Gasteiger partial charge in [-0.15, -0.1) is 0 Å². The first-order valence-electron chi connectivity index (χ1n) is 5.11. The Kier molecular flexibility index (Phi) is 4.24. The number of amides is 1. The number of nitrogens with zero attached hydrogens (tertiary/aromatic N) is 1. The molecule has 1 rings (SSSR count). The van der Waals surface area contributed by atoms with Gasteiger partial charge in [-0.3, -0.25) is 9.78 Å². The molecule has 1 aromatic rings. The van der Waals surface area contributed by atoms with Gasteiger partial charge in [0.15, 0.2) is 0 Å². The van der Waals surface area contributed by atoms with Crippen molar-refractivity contribution in [2.24, 2.45) is 11.7 Å². The number of anilines is 1. The molecule has 0 aliphatic heterocycles. The lowest BCUT2D eigenvalue weighted by atomic mass is 9.99. The Bertz CT molecular complexity index is 313. The highest BCUT2D eigenvalue weighted by atomic mass is 16.2. The van der Waals surface area contributed by atoms with Crippen LogP contribution in [0.2, 0.25) is 0 Å². The van der Waals surface area contributed by atoms with E-state index < -0.39 is 6.04 Å². The van der Waals surface area contributed by atoms with Gasteiger partial charge in [0.25, 0.3) is 0 Å². The number of nitrogens with one attached hydrogen (secondary N) is 1. The highest BCUT2D eigenvalue weighted by Gasteiger charge is 2.19. The van der Waals surface area contributed by atoms with E-state index in [-0.39, 0.29) is 11.8 Å². The van der Waals surface area contributed by atoms with Gasteiger partial charge in [-0.05, 0) is 18.1 Å². The Morgan fingerprint density at radius 3 is 2.93 bits per heavy atom. The lowest BCUT2D eigenvalue weighted by Gasteiger charge is -2.17. The SMILES string of the molecule is CC[C@H](C)[C@H](N)C(=O)Nc1cccnc1. The Hall–Kier alpha value is -1.42. The molecule has 82 valence electrons. The Labute approximate surface area is 89.9 Å². The van der Waals surface area contributed by atoms with Gasteiger partial charge in [-0.25, -0.2) is 0 Å². The van der Waals surface area contributed by atoms with Crippen LogP contribution in [-0.2, 0) is 4.79 Å². The van der Waals surface area contributed by atoms with E-state index in [2.05, 4.69) is 10.3 Å². The number of pyridine rings is 1. The van der Waals surface area contributed by atoms with Crippen molar-refractivity contribution in [1.29, 1.82) is 0 Å². The summed E-state index contributed by atoms with van der Waals surface area (Å²) in [7, 11) is 0. The summed E-state index contributed by atoms with van der Waals surface area (Å²) >= 11 is 0. The minimum atomic E-state index is -0.463. The molecule has 4 heteroatoms. The van der Waals surface area contributed by atoms with E-state index in [4.69, 9.17) is 5.73 Å². The van der Waals surface area contributed by atoms with Crippen LogP contribution in [0.25, 0.3) is 0 Å². The minimum Gasteiger partial charge on any atom is -0.323 e. The number of hydrogen-bond acceptors (Lipinski definition) is 3. The third kappa shape index (κ3) is 3.32. The second-order valence-electron chi connectivity index (χ2n) is 3.64.